The van der Waals surface area contributed by atoms with Crippen LogP contribution in [0.1, 0.15) is 46.5 Å². The van der Waals surface area contributed by atoms with Crippen molar-refractivity contribution in [1.82, 2.24) is 0 Å². The van der Waals surface area contributed by atoms with Gasteiger partial charge < -0.3 is 9.84 Å². The Morgan fingerprint density at radius 2 is 1.71 bits per heavy atom. The van der Waals surface area contributed by atoms with Crippen LogP contribution < -0.4 is 0 Å². The smallest absolute Gasteiger partial charge is 0.0701 e. The molecule has 0 bridgehead atoms. The van der Waals surface area contributed by atoms with Crippen molar-refractivity contribution in [2.24, 2.45) is 11.3 Å². The first-order valence-corrected chi connectivity index (χ1v) is 5.76. The first-order chi connectivity index (χ1) is 6.54. The van der Waals surface area contributed by atoms with Gasteiger partial charge in [-0.1, -0.05) is 20.8 Å². The summed E-state index contributed by atoms with van der Waals surface area (Å²) in [5, 5.41) is 8.65. The van der Waals surface area contributed by atoms with Crippen molar-refractivity contribution in [3.63, 3.8) is 0 Å². The Labute approximate surface area is 87.7 Å². The van der Waals surface area contributed by atoms with Gasteiger partial charge in [0, 0.05) is 0 Å². The minimum Gasteiger partial charge on any atom is -0.394 e. The first kappa shape index (κ1) is 12.0. The Balaban J connectivity index is 2.24. The van der Waals surface area contributed by atoms with E-state index in [-0.39, 0.29) is 6.61 Å². The van der Waals surface area contributed by atoms with Crippen LogP contribution in [0, 0.1) is 11.3 Å². The molecule has 0 unspecified atom stereocenters. The monoisotopic (exact) mass is 200 g/mol. The summed E-state index contributed by atoms with van der Waals surface area (Å²) in [6.07, 6.45) is 5.30. The maximum Gasteiger partial charge on any atom is 0.0701 e. The lowest BCUT2D eigenvalue weighted by molar-refractivity contribution is -0.0106. The molecule has 0 aromatic rings. The van der Waals surface area contributed by atoms with Gasteiger partial charge in [-0.15, -0.1) is 0 Å². The van der Waals surface area contributed by atoms with Crippen LogP contribution in [-0.4, -0.2) is 24.4 Å². The van der Waals surface area contributed by atoms with Crippen LogP contribution in [0.25, 0.3) is 0 Å². The maximum atomic E-state index is 8.65. The minimum atomic E-state index is 0.152. The van der Waals surface area contributed by atoms with Crippen molar-refractivity contribution in [3.05, 3.63) is 0 Å². The number of hydrogen-bond acceptors (Lipinski definition) is 2. The van der Waals surface area contributed by atoms with Crippen LogP contribution in [0.3, 0.4) is 0 Å². The molecule has 1 saturated carbocycles. The van der Waals surface area contributed by atoms with Gasteiger partial charge in [-0.2, -0.15) is 0 Å². The van der Waals surface area contributed by atoms with Crippen LogP contribution in [0.15, 0.2) is 0 Å². The highest BCUT2D eigenvalue weighted by molar-refractivity contribution is 4.80. The van der Waals surface area contributed by atoms with E-state index in [4.69, 9.17) is 9.84 Å². The predicted octanol–water partition coefficient (Wildman–Crippen LogP) is 2.60. The molecule has 0 aromatic heterocycles. The lowest BCUT2D eigenvalue weighted by Crippen LogP contribution is -2.29. The van der Waals surface area contributed by atoms with Gasteiger partial charge in [0.15, 0.2) is 0 Å². The van der Waals surface area contributed by atoms with Crippen molar-refractivity contribution in [2.45, 2.75) is 52.6 Å². The molecular weight excluding hydrogens is 176 g/mol. The summed E-state index contributed by atoms with van der Waals surface area (Å²) in [4.78, 5) is 0. The Hall–Kier alpha value is -0.0800. The highest BCUT2D eigenvalue weighted by Gasteiger charge is 2.29. The Bertz CT molecular complexity index is 152. The minimum absolute atomic E-state index is 0.152. The zero-order valence-corrected chi connectivity index (χ0v) is 9.75. The standard InChI is InChI=1S/C12H24O2/c1-12(2,3)10-4-6-11(7-5-10)14-9-8-13/h10-11,13H,4-9H2,1-3H3. The quantitative estimate of drug-likeness (QED) is 0.759. The second-order valence-corrected chi connectivity index (χ2v) is 5.43. The lowest BCUT2D eigenvalue weighted by atomic mass is 9.72. The molecule has 0 heterocycles. The van der Waals surface area contributed by atoms with Gasteiger partial charge in [-0.05, 0) is 37.0 Å². The number of aliphatic hydroxyl groups excluding tert-OH is 1. The van der Waals surface area contributed by atoms with E-state index < -0.39 is 0 Å². The second-order valence-electron chi connectivity index (χ2n) is 5.43. The molecule has 0 radical (unpaired) electrons. The first-order valence-electron chi connectivity index (χ1n) is 5.76. The topological polar surface area (TPSA) is 29.5 Å². The molecule has 2 heteroatoms. The highest BCUT2D eigenvalue weighted by atomic mass is 16.5. The summed E-state index contributed by atoms with van der Waals surface area (Å²) in [5.74, 6) is 0.844. The van der Waals surface area contributed by atoms with E-state index in [1.807, 2.05) is 0 Å². The summed E-state index contributed by atoms with van der Waals surface area (Å²) in [7, 11) is 0. The third-order valence-corrected chi connectivity index (χ3v) is 3.34. The molecule has 1 aliphatic carbocycles. The normalized spacial score (nSPS) is 29.1. The fourth-order valence-electron chi connectivity index (χ4n) is 2.31. The van der Waals surface area contributed by atoms with Crippen molar-refractivity contribution >= 4 is 0 Å². The van der Waals surface area contributed by atoms with Gasteiger partial charge in [0.25, 0.3) is 0 Å². The van der Waals surface area contributed by atoms with Crippen LogP contribution in [-0.2, 0) is 4.74 Å². The van der Waals surface area contributed by atoms with Crippen LogP contribution in [0.4, 0.5) is 0 Å². The fourth-order valence-corrected chi connectivity index (χ4v) is 2.31. The summed E-state index contributed by atoms with van der Waals surface area (Å²) in [6.45, 7) is 7.63. The third-order valence-electron chi connectivity index (χ3n) is 3.34. The SMILES string of the molecule is CC(C)(C)C1CCC(OCCO)CC1. The summed E-state index contributed by atoms with van der Waals surface area (Å²) in [6, 6.07) is 0. The van der Waals surface area contributed by atoms with E-state index in [1.54, 1.807) is 0 Å². The van der Waals surface area contributed by atoms with Crippen LogP contribution in [0.5, 0.6) is 0 Å². The van der Waals surface area contributed by atoms with Gasteiger partial charge >= 0.3 is 0 Å². The van der Waals surface area contributed by atoms with Gasteiger partial charge in [-0.25, -0.2) is 0 Å². The van der Waals surface area contributed by atoms with Crippen molar-refractivity contribution < 1.29 is 9.84 Å². The lowest BCUT2D eigenvalue weighted by Gasteiger charge is -2.36. The second kappa shape index (κ2) is 5.13. The molecule has 84 valence electrons. The average molecular weight is 200 g/mol. The molecule has 1 fully saturated rings. The summed E-state index contributed by atoms with van der Waals surface area (Å²) < 4.78 is 5.54. The largest absolute Gasteiger partial charge is 0.394 e. The zero-order valence-electron chi connectivity index (χ0n) is 9.75. The molecular formula is C12H24O2. The molecule has 0 saturated heterocycles. The molecule has 0 atom stereocenters. The Kier molecular flexibility index (Phi) is 4.39. The van der Waals surface area contributed by atoms with E-state index in [1.165, 1.54) is 25.7 Å². The maximum absolute atomic E-state index is 8.65. The van der Waals surface area contributed by atoms with Gasteiger partial charge in [-0.3, -0.25) is 0 Å². The highest BCUT2D eigenvalue weighted by Crippen LogP contribution is 2.38. The molecule has 0 amide bonds. The number of aliphatic hydroxyl groups is 1. The van der Waals surface area contributed by atoms with E-state index in [0.717, 1.165) is 5.92 Å². The Morgan fingerprint density at radius 3 is 2.14 bits per heavy atom. The third kappa shape index (κ3) is 3.58. The van der Waals surface area contributed by atoms with Crippen molar-refractivity contribution in [1.29, 1.82) is 0 Å². The van der Waals surface area contributed by atoms with Crippen molar-refractivity contribution in [2.75, 3.05) is 13.2 Å². The van der Waals surface area contributed by atoms with E-state index in [9.17, 15) is 0 Å². The fraction of sp³-hybridized carbons (Fsp3) is 1.00. The predicted molar refractivity (Wildman–Crippen MR) is 58.2 cm³/mol. The zero-order chi connectivity index (χ0) is 10.6. The molecule has 0 spiro atoms. The molecule has 14 heavy (non-hydrogen) atoms. The van der Waals surface area contributed by atoms with Gasteiger partial charge in [0.05, 0.1) is 19.3 Å². The Morgan fingerprint density at radius 1 is 1.14 bits per heavy atom. The number of rotatable bonds is 3. The number of hydrogen-bond donors (Lipinski definition) is 1. The molecule has 2 nitrogen and oxygen atoms in total. The van der Waals surface area contributed by atoms with E-state index >= 15 is 0 Å². The molecule has 1 N–H and O–H groups in total. The number of ether oxygens (including phenoxy) is 1. The summed E-state index contributed by atoms with van der Waals surface area (Å²) >= 11 is 0. The molecule has 0 aromatic carbocycles. The molecule has 1 aliphatic rings. The van der Waals surface area contributed by atoms with E-state index in [2.05, 4.69) is 20.8 Å². The summed E-state index contributed by atoms with van der Waals surface area (Å²) in [5.41, 5.74) is 0.446. The van der Waals surface area contributed by atoms with Crippen molar-refractivity contribution in [3.8, 4) is 0 Å². The molecule has 1 rings (SSSR count). The van der Waals surface area contributed by atoms with Gasteiger partial charge in [0.2, 0.25) is 0 Å². The molecule has 0 aliphatic heterocycles. The van der Waals surface area contributed by atoms with Crippen LogP contribution >= 0.6 is 0 Å². The average Bonchev–Trinajstić information content (AvgIpc) is 2.14. The van der Waals surface area contributed by atoms with Crippen LogP contribution in [0.2, 0.25) is 0 Å². The van der Waals surface area contributed by atoms with Gasteiger partial charge in [0.1, 0.15) is 0 Å². The van der Waals surface area contributed by atoms with E-state index in [0.29, 0.717) is 18.1 Å².